The maximum atomic E-state index is 13.8. The molecule has 1 aliphatic heterocycles. The highest BCUT2D eigenvalue weighted by Crippen LogP contribution is 2.43. The zero-order chi connectivity index (χ0) is 27.1. The molecular weight excluding hydrogens is 496 g/mol. The summed E-state index contributed by atoms with van der Waals surface area (Å²) in [5.74, 6) is 1.40. The summed E-state index contributed by atoms with van der Waals surface area (Å²) in [5.41, 5.74) is 3.17. The highest BCUT2D eigenvalue weighted by molar-refractivity contribution is 6.10. The largest absolute Gasteiger partial charge is 0.490 e. The maximum Gasteiger partial charge on any atom is 0.296 e. The third-order valence-electron chi connectivity index (χ3n) is 6.74. The smallest absolute Gasteiger partial charge is 0.296 e. The summed E-state index contributed by atoms with van der Waals surface area (Å²) in [6.45, 7) is 6.43. The summed E-state index contributed by atoms with van der Waals surface area (Å²) in [7, 11) is 0. The third-order valence-corrected chi connectivity index (χ3v) is 6.74. The lowest BCUT2D eigenvalue weighted by Crippen LogP contribution is -2.29. The Bertz CT molecular complexity index is 1750. The number of carbonyl (C=O) groups is 1. The van der Waals surface area contributed by atoms with E-state index in [0.717, 1.165) is 5.56 Å². The summed E-state index contributed by atoms with van der Waals surface area (Å²) in [4.78, 5) is 28.9. The van der Waals surface area contributed by atoms with Crippen molar-refractivity contribution in [2.75, 3.05) is 11.5 Å². The Balaban J connectivity index is 1.46. The van der Waals surface area contributed by atoms with Gasteiger partial charge in [0.15, 0.2) is 22.7 Å². The fourth-order valence-corrected chi connectivity index (χ4v) is 4.87. The molecular formula is C31H26N2O6. The van der Waals surface area contributed by atoms with E-state index in [0.29, 0.717) is 47.0 Å². The van der Waals surface area contributed by atoms with E-state index in [1.165, 1.54) is 10.5 Å². The molecule has 1 unspecified atom stereocenters. The van der Waals surface area contributed by atoms with Crippen LogP contribution in [0.4, 0.5) is 5.82 Å². The number of fused-ring (bicyclic) bond motifs is 2. The normalized spacial score (nSPS) is 14.6. The van der Waals surface area contributed by atoms with Crippen LogP contribution in [0.15, 0.2) is 86.5 Å². The van der Waals surface area contributed by atoms with E-state index in [2.05, 4.69) is 5.16 Å². The fourth-order valence-electron chi connectivity index (χ4n) is 4.87. The molecule has 8 heteroatoms. The van der Waals surface area contributed by atoms with Crippen LogP contribution in [0.5, 0.6) is 11.5 Å². The Morgan fingerprint density at radius 1 is 0.923 bits per heavy atom. The van der Waals surface area contributed by atoms with Gasteiger partial charge in [0.25, 0.3) is 5.91 Å². The zero-order valence-corrected chi connectivity index (χ0v) is 21.8. The molecule has 3 aromatic carbocycles. The number of aryl methyl sites for hydroxylation is 2. The van der Waals surface area contributed by atoms with E-state index < -0.39 is 11.9 Å². The number of amides is 1. The molecule has 1 atom stereocenters. The second-order valence-electron chi connectivity index (χ2n) is 9.46. The summed E-state index contributed by atoms with van der Waals surface area (Å²) in [6, 6.07) is 21.3. The lowest BCUT2D eigenvalue weighted by Gasteiger charge is -2.23. The van der Waals surface area contributed by atoms with Crippen LogP contribution in [0.2, 0.25) is 0 Å². The van der Waals surface area contributed by atoms with Gasteiger partial charge in [0.2, 0.25) is 5.76 Å². The first-order chi connectivity index (χ1) is 18.9. The lowest BCUT2D eigenvalue weighted by molar-refractivity contribution is 0.0969. The first-order valence-corrected chi connectivity index (χ1v) is 12.7. The SMILES string of the molecule is CCOc1cc(C2c3c(oc4ccccc4c3=O)C(=O)N2c2cc(C)on2)ccc1OCc1ccc(C)cc1. The van der Waals surface area contributed by atoms with Crippen molar-refractivity contribution < 1.29 is 23.2 Å². The van der Waals surface area contributed by atoms with Crippen molar-refractivity contribution in [2.24, 2.45) is 0 Å². The zero-order valence-electron chi connectivity index (χ0n) is 21.8. The van der Waals surface area contributed by atoms with E-state index in [1.54, 1.807) is 49.4 Å². The number of para-hydroxylation sites is 1. The molecule has 196 valence electrons. The summed E-state index contributed by atoms with van der Waals surface area (Å²) in [6.07, 6.45) is 0. The second kappa shape index (κ2) is 9.79. The minimum atomic E-state index is -0.803. The molecule has 3 heterocycles. The van der Waals surface area contributed by atoms with Gasteiger partial charge in [-0.15, -0.1) is 0 Å². The van der Waals surface area contributed by atoms with Crippen molar-refractivity contribution in [1.29, 1.82) is 0 Å². The number of anilines is 1. The van der Waals surface area contributed by atoms with Gasteiger partial charge in [-0.2, -0.15) is 0 Å². The molecule has 0 aliphatic carbocycles. The number of nitrogens with zero attached hydrogens (tertiary/aromatic N) is 2. The molecule has 0 fully saturated rings. The number of carbonyl (C=O) groups excluding carboxylic acids is 1. The number of hydrogen-bond acceptors (Lipinski definition) is 7. The van der Waals surface area contributed by atoms with Crippen LogP contribution in [0.3, 0.4) is 0 Å². The number of rotatable bonds is 7. The van der Waals surface area contributed by atoms with Crippen molar-refractivity contribution in [1.82, 2.24) is 5.16 Å². The average molecular weight is 523 g/mol. The van der Waals surface area contributed by atoms with E-state index in [1.807, 2.05) is 44.2 Å². The van der Waals surface area contributed by atoms with Crippen molar-refractivity contribution in [3.63, 3.8) is 0 Å². The number of ether oxygens (including phenoxy) is 2. The Morgan fingerprint density at radius 3 is 2.46 bits per heavy atom. The molecule has 1 amide bonds. The van der Waals surface area contributed by atoms with E-state index in [4.69, 9.17) is 18.4 Å². The molecule has 1 aliphatic rings. The van der Waals surface area contributed by atoms with Crippen LogP contribution in [0, 0.1) is 13.8 Å². The van der Waals surface area contributed by atoms with Crippen LogP contribution < -0.4 is 19.8 Å². The first kappa shape index (κ1) is 24.5. The van der Waals surface area contributed by atoms with Gasteiger partial charge in [0.05, 0.1) is 23.6 Å². The molecule has 39 heavy (non-hydrogen) atoms. The summed E-state index contributed by atoms with van der Waals surface area (Å²) < 4.78 is 23.3. The van der Waals surface area contributed by atoms with Crippen LogP contribution in [-0.2, 0) is 6.61 Å². The van der Waals surface area contributed by atoms with Crippen molar-refractivity contribution in [3.8, 4) is 11.5 Å². The molecule has 0 saturated carbocycles. The standard InChI is InChI=1S/C31H26N2O6/c1-4-36-25-16-21(13-14-24(25)37-17-20-11-9-18(2)10-12-20)28-27-29(34)22-7-5-6-8-23(22)38-30(27)31(35)33(28)26-15-19(3)39-32-26/h5-16,28H,4,17H2,1-3H3. The quantitative estimate of drug-likeness (QED) is 0.254. The predicted octanol–water partition coefficient (Wildman–Crippen LogP) is 6.13. The Labute approximate surface area is 224 Å². The topological polar surface area (TPSA) is 95.0 Å². The second-order valence-corrected chi connectivity index (χ2v) is 9.46. The minimum Gasteiger partial charge on any atom is -0.490 e. The van der Waals surface area contributed by atoms with Gasteiger partial charge in [-0.05, 0) is 56.2 Å². The first-order valence-electron chi connectivity index (χ1n) is 12.7. The van der Waals surface area contributed by atoms with Crippen LogP contribution in [0.1, 0.15) is 51.5 Å². The Kier molecular flexibility index (Phi) is 6.15. The van der Waals surface area contributed by atoms with E-state index >= 15 is 0 Å². The molecule has 8 nitrogen and oxygen atoms in total. The van der Waals surface area contributed by atoms with Crippen LogP contribution in [0.25, 0.3) is 11.0 Å². The van der Waals surface area contributed by atoms with E-state index in [-0.39, 0.29) is 22.6 Å². The van der Waals surface area contributed by atoms with Crippen molar-refractivity contribution >= 4 is 22.7 Å². The summed E-state index contributed by atoms with van der Waals surface area (Å²) in [5, 5.41) is 4.48. The lowest BCUT2D eigenvalue weighted by atomic mass is 9.98. The van der Waals surface area contributed by atoms with Crippen molar-refractivity contribution in [3.05, 3.63) is 117 Å². The molecule has 0 spiro atoms. The fraction of sp³-hybridized carbons (Fsp3) is 0.194. The number of hydrogen-bond donors (Lipinski definition) is 0. The van der Waals surface area contributed by atoms with Gasteiger partial charge in [0, 0.05) is 6.07 Å². The molecule has 2 aromatic heterocycles. The number of benzene rings is 3. The van der Waals surface area contributed by atoms with E-state index in [9.17, 15) is 9.59 Å². The van der Waals surface area contributed by atoms with Gasteiger partial charge >= 0.3 is 0 Å². The monoisotopic (exact) mass is 522 g/mol. The highest BCUT2D eigenvalue weighted by Gasteiger charge is 2.45. The van der Waals surface area contributed by atoms with Gasteiger partial charge in [-0.25, -0.2) is 0 Å². The highest BCUT2D eigenvalue weighted by atomic mass is 16.5. The molecule has 0 N–H and O–H groups in total. The van der Waals surface area contributed by atoms with Crippen molar-refractivity contribution in [2.45, 2.75) is 33.4 Å². The van der Waals surface area contributed by atoms with Gasteiger partial charge in [-0.3, -0.25) is 14.5 Å². The Morgan fingerprint density at radius 2 is 1.72 bits per heavy atom. The van der Waals surface area contributed by atoms with Gasteiger partial charge in [0.1, 0.15) is 18.0 Å². The van der Waals surface area contributed by atoms with Gasteiger partial charge < -0.3 is 18.4 Å². The van der Waals surface area contributed by atoms with Gasteiger partial charge in [-0.1, -0.05) is 53.2 Å². The molecule has 6 rings (SSSR count). The average Bonchev–Trinajstić information content (AvgIpc) is 3.49. The predicted molar refractivity (Wildman–Crippen MR) is 145 cm³/mol. The Hall–Kier alpha value is -4.85. The van der Waals surface area contributed by atoms with Crippen LogP contribution in [-0.4, -0.2) is 17.7 Å². The molecule has 0 bridgehead atoms. The third kappa shape index (κ3) is 4.33. The maximum absolute atomic E-state index is 13.8. The molecule has 5 aromatic rings. The van der Waals surface area contributed by atoms with Crippen LogP contribution >= 0.6 is 0 Å². The molecule has 0 radical (unpaired) electrons. The number of aromatic nitrogens is 1. The minimum absolute atomic E-state index is 0.0120. The molecule has 0 saturated heterocycles. The summed E-state index contributed by atoms with van der Waals surface area (Å²) >= 11 is 0.